The molecule has 4 bridgehead atoms. The largest absolute Gasteiger partial charge is 0.465 e. The van der Waals surface area contributed by atoms with Crippen LogP contribution in [0.15, 0.2) is 60.9 Å². The molecule has 0 aromatic heterocycles. The molecule has 2 aromatic carbocycles. The molecule has 0 atom stereocenters. The fourth-order valence-electron chi connectivity index (χ4n) is 6.46. The zero-order valence-corrected chi connectivity index (χ0v) is 17.6. The minimum atomic E-state index is -0.535. The van der Waals surface area contributed by atoms with Gasteiger partial charge >= 0.3 is 0 Å². The Morgan fingerprint density at radius 1 is 0.968 bits per heavy atom. The minimum absolute atomic E-state index is 0.341. The first-order valence-electron chi connectivity index (χ1n) is 11.1. The van der Waals surface area contributed by atoms with Crippen molar-refractivity contribution < 1.29 is 14.3 Å². The monoisotopic (exact) mass is 416 g/mol. The van der Waals surface area contributed by atoms with E-state index in [4.69, 9.17) is 10.5 Å². The van der Waals surface area contributed by atoms with Gasteiger partial charge in [-0.25, -0.2) is 0 Å². The van der Waals surface area contributed by atoms with Gasteiger partial charge in [-0.3, -0.25) is 9.59 Å². The Balaban J connectivity index is 1.19. The van der Waals surface area contributed by atoms with E-state index in [-0.39, 0.29) is 5.91 Å². The molecule has 0 unspecified atom stereocenters. The van der Waals surface area contributed by atoms with Crippen LogP contribution in [0.1, 0.15) is 54.4 Å². The average molecular weight is 417 g/mol. The van der Waals surface area contributed by atoms with E-state index in [1.165, 1.54) is 62.5 Å². The van der Waals surface area contributed by atoms with Gasteiger partial charge in [0.05, 0.1) is 6.26 Å². The van der Waals surface area contributed by atoms with Gasteiger partial charge in [-0.05, 0) is 97.6 Å². The molecule has 160 valence electrons. The first-order chi connectivity index (χ1) is 15.0. The van der Waals surface area contributed by atoms with Gasteiger partial charge in [0, 0.05) is 17.3 Å². The zero-order valence-electron chi connectivity index (χ0n) is 17.6. The van der Waals surface area contributed by atoms with E-state index in [9.17, 15) is 9.59 Å². The summed E-state index contributed by atoms with van der Waals surface area (Å²) in [5, 5.41) is 2.69. The number of primary amides is 1. The van der Waals surface area contributed by atoms with Crippen LogP contribution in [0.25, 0.3) is 0 Å². The van der Waals surface area contributed by atoms with Crippen molar-refractivity contribution in [3.63, 3.8) is 0 Å². The van der Waals surface area contributed by atoms with Crippen molar-refractivity contribution in [2.75, 3.05) is 5.32 Å². The summed E-state index contributed by atoms with van der Waals surface area (Å²) in [7, 11) is 0. The molecule has 0 spiro atoms. The van der Waals surface area contributed by atoms with E-state index in [1.54, 1.807) is 18.2 Å². The molecule has 5 heteroatoms. The van der Waals surface area contributed by atoms with E-state index in [0.717, 1.165) is 17.8 Å². The standard InChI is InChI=1S/C26H28N2O3/c27-25(30)20-2-1-3-22(13-20)28-24(29)8-9-31-23-6-4-21(5-7-23)26-14-17-10-18(15-26)12-19(11-17)16-26/h1-9,13,17-19H,10-12,14-16H2,(H2,27,30)(H,28,29)/b9-8+. The van der Waals surface area contributed by atoms with Crippen LogP contribution in [0.2, 0.25) is 0 Å². The molecule has 4 fully saturated rings. The predicted octanol–water partition coefficient (Wildman–Crippen LogP) is 4.78. The third kappa shape index (κ3) is 4.09. The number of carbonyl (C=O) groups excluding carboxylic acids is 2. The van der Waals surface area contributed by atoms with E-state index in [0.29, 0.717) is 22.4 Å². The van der Waals surface area contributed by atoms with Crippen LogP contribution in [0.5, 0.6) is 5.75 Å². The Morgan fingerprint density at radius 2 is 1.61 bits per heavy atom. The first kappa shape index (κ1) is 19.9. The van der Waals surface area contributed by atoms with Crippen molar-refractivity contribution in [2.24, 2.45) is 23.5 Å². The Labute approximate surface area is 182 Å². The van der Waals surface area contributed by atoms with Crippen molar-refractivity contribution in [1.29, 1.82) is 0 Å². The highest BCUT2D eigenvalue weighted by molar-refractivity contribution is 6.00. The summed E-state index contributed by atoms with van der Waals surface area (Å²) < 4.78 is 5.63. The number of nitrogens with two attached hydrogens (primary N) is 1. The van der Waals surface area contributed by atoms with Gasteiger partial charge in [-0.15, -0.1) is 0 Å². The fourth-order valence-corrected chi connectivity index (χ4v) is 6.46. The average Bonchev–Trinajstić information content (AvgIpc) is 2.73. The summed E-state index contributed by atoms with van der Waals surface area (Å²) in [6, 6.07) is 14.9. The van der Waals surface area contributed by atoms with Crippen LogP contribution < -0.4 is 15.8 Å². The molecule has 4 aliphatic rings. The summed E-state index contributed by atoms with van der Waals surface area (Å²) in [6.45, 7) is 0. The highest BCUT2D eigenvalue weighted by Crippen LogP contribution is 2.60. The van der Waals surface area contributed by atoms with Gasteiger partial charge in [0.15, 0.2) is 0 Å². The van der Waals surface area contributed by atoms with Crippen LogP contribution in [0.3, 0.4) is 0 Å². The summed E-state index contributed by atoms with van der Waals surface area (Å²) in [4.78, 5) is 23.3. The van der Waals surface area contributed by atoms with Crippen LogP contribution >= 0.6 is 0 Å². The van der Waals surface area contributed by atoms with E-state index < -0.39 is 5.91 Å². The van der Waals surface area contributed by atoms with E-state index >= 15 is 0 Å². The molecule has 3 N–H and O–H groups in total. The van der Waals surface area contributed by atoms with Crippen LogP contribution in [0.4, 0.5) is 5.69 Å². The van der Waals surface area contributed by atoms with Crippen LogP contribution in [-0.2, 0) is 10.2 Å². The Hall–Kier alpha value is -3.08. The molecule has 4 saturated carbocycles. The molecule has 31 heavy (non-hydrogen) atoms. The number of amides is 2. The number of rotatable bonds is 6. The van der Waals surface area contributed by atoms with Gasteiger partial charge in [0.1, 0.15) is 5.75 Å². The molecular formula is C26H28N2O3. The lowest BCUT2D eigenvalue weighted by Gasteiger charge is -2.57. The Kier molecular flexibility index (Phi) is 5.05. The smallest absolute Gasteiger partial charge is 0.251 e. The maximum atomic E-state index is 12.1. The lowest BCUT2D eigenvalue weighted by Crippen LogP contribution is -2.48. The highest BCUT2D eigenvalue weighted by Gasteiger charge is 2.51. The predicted molar refractivity (Wildman–Crippen MR) is 120 cm³/mol. The molecule has 6 rings (SSSR count). The molecule has 0 saturated heterocycles. The molecule has 0 heterocycles. The third-order valence-corrected chi connectivity index (χ3v) is 7.34. The molecule has 2 aromatic rings. The fraction of sp³-hybridized carbons (Fsp3) is 0.385. The SMILES string of the molecule is NC(=O)c1cccc(NC(=O)/C=C/Oc2ccc(C34CC5CC(CC(C5)C3)C4)cc2)c1. The second kappa shape index (κ2) is 7.88. The number of hydrogen-bond donors (Lipinski definition) is 2. The summed E-state index contributed by atoms with van der Waals surface area (Å²) in [6.07, 6.45) is 11.1. The second-order valence-electron chi connectivity index (χ2n) is 9.58. The number of carbonyl (C=O) groups is 2. The third-order valence-electron chi connectivity index (χ3n) is 7.34. The van der Waals surface area contributed by atoms with Crippen molar-refractivity contribution in [1.82, 2.24) is 0 Å². The van der Waals surface area contributed by atoms with Crippen molar-refractivity contribution >= 4 is 17.5 Å². The maximum absolute atomic E-state index is 12.1. The normalized spacial score (nSPS) is 28.6. The Bertz CT molecular complexity index is 990. The molecule has 5 nitrogen and oxygen atoms in total. The zero-order chi connectivity index (χ0) is 21.4. The number of anilines is 1. The topological polar surface area (TPSA) is 81.4 Å². The number of nitrogens with one attached hydrogen (secondary N) is 1. The molecule has 4 aliphatic carbocycles. The van der Waals surface area contributed by atoms with Gasteiger partial charge < -0.3 is 15.8 Å². The highest BCUT2D eigenvalue weighted by atomic mass is 16.5. The summed E-state index contributed by atoms with van der Waals surface area (Å²) in [5.41, 5.74) is 7.95. The quantitative estimate of drug-likeness (QED) is 0.525. The number of hydrogen-bond acceptors (Lipinski definition) is 3. The molecule has 0 radical (unpaired) electrons. The van der Waals surface area contributed by atoms with Crippen molar-refractivity contribution in [3.05, 3.63) is 72.0 Å². The first-order valence-corrected chi connectivity index (χ1v) is 11.1. The Morgan fingerprint density at radius 3 is 2.23 bits per heavy atom. The maximum Gasteiger partial charge on any atom is 0.251 e. The molecular weight excluding hydrogens is 388 g/mol. The lowest BCUT2D eigenvalue weighted by molar-refractivity contribution is -0.112. The summed E-state index contributed by atoms with van der Waals surface area (Å²) >= 11 is 0. The van der Waals surface area contributed by atoms with E-state index in [1.807, 2.05) is 12.1 Å². The second-order valence-corrected chi connectivity index (χ2v) is 9.58. The molecule has 0 aliphatic heterocycles. The van der Waals surface area contributed by atoms with Gasteiger partial charge in [0.2, 0.25) is 5.91 Å². The number of ether oxygens (including phenoxy) is 1. The number of benzene rings is 2. The summed E-state index contributed by atoms with van der Waals surface area (Å²) in [5.74, 6) is 2.61. The van der Waals surface area contributed by atoms with Crippen molar-refractivity contribution in [3.8, 4) is 5.75 Å². The van der Waals surface area contributed by atoms with Crippen LogP contribution in [0, 0.1) is 17.8 Å². The minimum Gasteiger partial charge on any atom is -0.465 e. The van der Waals surface area contributed by atoms with Crippen molar-refractivity contribution in [2.45, 2.75) is 43.9 Å². The van der Waals surface area contributed by atoms with E-state index in [2.05, 4.69) is 17.4 Å². The van der Waals surface area contributed by atoms with Gasteiger partial charge in [-0.1, -0.05) is 18.2 Å². The van der Waals surface area contributed by atoms with Crippen LogP contribution in [-0.4, -0.2) is 11.8 Å². The molecule has 2 amide bonds. The van der Waals surface area contributed by atoms with Gasteiger partial charge in [0.25, 0.3) is 5.91 Å². The lowest BCUT2D eigenvalue weighted by atomic mass is 9.48. The van der Waals surface area contributed by atoms with Gasteiger partial charge in [-0.2, -0.15) is 0 Å².